The van der Waals surface area contributed by atoms with E-state index in [1.165, 1.54) is 47.7 Å². The van der Waals surface area contributed by atoms with E-state index >= 15 is 0 Å². The largest absolute Gasteiger partial charge is 0.321 e. The summed E-state index contributed by atoms with van der Waals surface area (Å²) in [5, 5.41) is 4.90. The van der Waals surface area contributed by atoms with Crippen molar-refractivity contribution in [2.45, 2.75) is 11.8 Å². The summed E-state index contributed by atoms with van der Waals surface area (Å²) in [7, 11) is -3.28. The van der Waals surface area contributed by atoms with Crippen molar-refractivity contribution >= 4 is 32.8 Å². The SMILES string of the molecule is CCS(=O)(=O)c1ccc(NC(=O)c2csc(-c3ccc(F)cc3)n2)cc1. The first-order valence-electron chi connectivity index (χ1n) is 7.74. The van der Waals surface area contributed by atoms with Gasteiger partial charge in [0.05, 0.1) is 10.6 Å². The Balaban J connectivity index is 1.73. The van der Waals surface area contributed by atoms with Gasteiger partial charge in [-0.15, -0.1) is 11.3 Å². The molecular formula is C18H15FN2O3S2. The van der Waals surface area contributed by atoms with Gasteiger partial charge in [0.2, 0.25) is 0 Å². The zero-order valence-electron chi connectivity index (χ0n) is 13.8. The summed E-state index contributed by atoms with van der Waals surface area (Å²) >= 11 is 1.28. The monoisotopic (exact) mass is 390 g/mol. The maximum absolute atomic E-state index is 13.0. The molecule has 1 amide bonds. The Hall–Kier alpha value is -2.58. The van der Waals surface area contributed by atoms with Crippen molar-refractivity contribution in [1.82, 2.24) is 4.98 Å². The van der Waals surface area contributed by atoms with Gasteiger partial charge in [0.1, 0.15) is 16.5 Å². The van der Waals surface area contributed by atoms with Crippen LogP contribution in [0.5, 0.6) is 0 Å². The first-order chi connectivity index (χ1) is 12.4. The van der Waals surface area contributed by atoms with Crippen molar-refractivity contribution in [3.8, 4) is 10.6 Å². The summed E-state index contributed by atoms with van der Waals surface area (Å²) in [5.41, 5.74) is 1.44. The van der Waals surface area contributed by atoms with Gasteiger partial charge in [-0.1, -0.05) is 6.92 Å². The fourth-order valence-corrected chi connectivity index (χ4v) is 3.90. The minimum atomic E-state index is -3.28. The third-order valence-electron chi connectivity index (χ3n) is 3.68. The van der Waals surface area contributed by atoms with Crippen molar-refractivity contribution in [3.63, 3.8) is 0 Å². The molecule has 1 heterocycles. The number of nitrogens with one attached hydrogen (secondary N) is 1. The van der Waals surface area contributed by atoms with E-state index in [9.17, 15) is 17.6 Å². The number of benzene rings is 2. The van der Waals surface area contributed by atoms with E-state index in [0.717, 1.165) is 5.56 Å². The Morgan fingerprint density at radius 1 is 1.12 bits per heavy atom. The van der Waals surface area contributed by atoms with Crippen molar-refractivity contribution in [1.29, 1.82) is 0 Å². The van der Waals surface area contributed by atoms with Gasteiger partial charge in [-0.3, -0.25) is 4.79 Å². The predicted molar refractivity (Wildman–Crippen MR) is 99.6 cm³/mol. The van der Waals surface area contributed by atoms with Crippen LogP contribution in [0, 0.1) is 5.82 Å². The van der Waals surface area contributed by atoms with E-state index in [4.69, 9.17) is 0 Å². The van der Waals surface area contributed by atoms with E-state index in [2.05, 4.69) is 10.3 Å². The Kier molecular flexibility index (Phi) is 5.15. The van der Waals surface area contributed by atoms with Crippen molar-refractivity contribution in [3.05, 3.63) is 65.4 Å². The van der Waals surface area contributed by atoms with Crippen LogP contribution in [-0.4, -0.2) is 25.1 Å². The van der Waals surface area contributed by atoms with Crippen LogP contribution in [0.2, 0.25) is 0 Å². The second kappa shape index (κ2) is 7.35. The molecule has 26 heavy (non-hydrogen) atoms. The van der Waals surface area contributed by atoms with Crippen molar-refractivity contribution in [2.75, 3.05) is 11.1 Å². The maximum Gasteiger partial charge on any atom is 0.275 e. The highest BCUT2D eigenvalue weighted by Crippen LogP contribution is 2.24. The number of aromatic nitrogens is 1. The Morgan fingerprint density at radius 3 is 2.38 bits per heavy atom. The molecule has 3 rings (SSSR count). The average Bonchev–Trinajstić information content (AvgIpc) is 3.13. The van der Waals surface area contributed by atoms with Crippen molar-refractivity contribution < 1.29 is 17.6 Å². The lowest BCUT2D eigenvalue weighted by Crippen LogP contribution is -2.12. The quantitative estimate of drug-likeness (QED) is 0.715. The molecule has 0 saturated heterocycles. The van der Waals surface area contributed by atoms with Gasteiger partial charge >= 0.3 is 0 Å². The molecule has 0 aliphatic rings. The molecule has 134 valence electrons. The molecular weight excluding hydrogens is 375 g/mol. The van der Waals surface area contributed by atoms with Crippen LogP contribution < -0.4 is 5.32 Å². The van der Waals surface area contributed by atoms with Gasteiger partial charge in [0.15, 0.2) is 9.84 Å². The molecule has 8 heteroatoms. The zero-order valence-corrected chi connectivity index (χ0v) is 15.4. The molecule has 2 aromatic carbocycles. The number of anilines is 1. The molecule has 0 fully saturated rings. The first kappa shape index (κ1) is 18.2. The van der Waals surface area contributed by atoms with Gasteiger partial charge in [-0.05, 0) is 48.5 Å². The maximum atomic E-state index is 13.0. The van der Waals surface area contributed by atoms with Gasteiger partial charge in [-0.25, -0.2) is 17.8 Å². The summed E-state index contributed by atoms with van der Waals surface area (Å²) in [6.45, 7) is 1.58. The number of hydrogen-bond acceptors (Lipinski definition) is 5. The van der Waals surface area contributed by atoms with Crippen LogP contribution in [0.4, 0.5) is 10.1 Å². The molecule has 5 nitrogen and oxygen atoms in total. The number of sulfone groups is 1. The first-order valence-corrected chi connectivity index (χ1v) is 10.3. The lowest BCUT2D eigenvalue weighted by Gasteiger charge is -2.05. The fraction of sp³-hybridized carbons (Fsp3) is 0.111. The molecule has 0 bridgehead atoms. The van der Waals surface area contributed by atoms with Gasteiger partial charge in [-0.2, -0.15) is 0 Å². The lowest BCUT2D eigenvalue weighted by atomic mass is 10.2. The van der Waals surface area contributed by atoms with Crippen LogP contribution in [0.15, 0.2) is 58.8 Å². The Bertz CT molecular complexity index is 1030. The molecule has 0 atom stereocenters. The van der Waals surface area contributed by atoms with E-state index < -0.39 is 15.7 Å². The smallest absolute Gasteiger partial charge is 0.275 e. The second-order valence-corrected chi connectivity index (χ2v) is 8.56. The van der Waals surface area contributed by atoms with Gasteiger partial charge < -0.3 is 5.32 Å². The second-order valence-electron chi connectivity index (χ2n) is 5.43. The Labute approximate surface area is 154 Å². The summed E-state index contributed by atoms with van der Waals surface area (Å²) in [5.74, 6) is -0.721. The third kappa shape index (κ3) is 3.97. The number of nitrogens with zero attached hydrogens (tertiary/aromatic N) is 1. The zero-order chi connectivity index (χ0) is 18.7. The highest BCUT2D eigenvalue weighted by molar-refractivity contribution is 7.91. The van der Waals surface area contributed by atoms with E-state index in [-0.39, 0.29) is 22.2 Å². The predicted octanol–water partition coefficient (Wildman–Crippen LogP) is 4.00. The highest BCUT2D eigenvalue weighted by atomic mass is 32.2. The van der Waals surface area contributed by atoms with E-state index in [1.54, 1.807) is 24.4 Å². The van der Waals surface area contributed by atoms with Crippen LogP contribution in [0.1, 0.15) is 17.4 Å². The molecule has 0 aliphatic carbocycles. The number of rotatable bonds is 5. The fourth-order valence-electron chi connectivity index (χ4n) is 2.21. The van der Waals surface area contributed by atoms with Gasteiger partial charge in [0.25, 0.3) is 5.91 Å². The minimum absolute atomic E-state index is 0.0176. The van der Waals surface area contributed by atoms with E-state index in [0.29, 0.717) is 10.7 Å². The molecule has 0 radical (unpaired) electrons. The lowest BCUT2D eigenvalue weighted by molar-refractivity contribution is 0.102. The molecule has 1 aromatic heterocycles. The molecule has 0 unspecified atom stereocenters. The van der Waals surface area contributed by atoms with Crippen LogP contribution in [0.25, 0.3) is 10.6 Å². The molecule has 0 aliphatic heterocycles. The number of carbonyl (C=O) groups excluding carboxylic acids is 1. The summed E-state index contributed by atoms with van der Waals surface area (Å²) in [4.78, 5) is 16.8. The minimum Gasteiger partial charge on any atom is -0.321 e. The number of thiazole rings is 1. The van der Waals surface area contributed by atoms with Crippen LogP contribution >= 0.6 is 11.3 Å². The number of hydrogen-bond donors (Lipinski definition) is 1. The Morgan fingerprint density at radius 2 is 1.77 bits per heavy atom. The summed E-state index contributed by atoms with van der Waals surface area (Å²) in [6, 6.07) is 11.9. The standard InChI is InChI=1S/C18H15FN2O3S2/c1-2-26(23,24)15-9-7-14(8-10-15)20-17(22)16-11-25-18(21-16)12-3-5-13(19)6-4-12/h3-11H,2H2,1H3,(H,20,22). The number of carbonyl (C=O) groups is 1. The molecule has 0 spiro atoms. The van der Waals surface area contributed by atoms with E-state index in [1.807, 2.05) is 0 Å². The molecule has 0 saturated carbocycles. The van der Waals surface area contributed by atoms with Crippen LogP contribution in [0.3, 0.4) is 0 Å². The molecule has 1 N–H and O–H groups in total. The topological polar surface area (TPSA) is 76.1 Å². The third-order valence-corrected chi connectivity index (χ3v) is 6.32. The number of halogens is 1. The summed E-state index contributed by atoms with van der Waals surface area (Å²) < 4.78 is 36.6. The van der Waals surface area contributed by atoms with Crippen molar-refractivity contribution in [2.24, 2.45) is 0 Å². The summed E-state index contributed by atoms with van der Waals surface area (Å²) in [6.07, 6.45) is 0. The van der Waals surface area contributed by atoms with Gasteiger partial charge in [0, 0.05) is 16.6 Å². The average molecular weight is 390 g/mol. The normalized spacial score (nSPS) is 11.3. The highest BCUT2D eigenvalue weighted by Gasteiger charge is 2.14. The molecule has 3 aromatic rings. The van der Waals surface area contributed by atoms with Crippen LogP contribution in [-0.2, 0) is 9.84 Å². The number of amides is 1.